The van der Waals surface area contributed by atoms with Gasteiger partial charge in [-0.2, -0.15) is 8.42 Å². The van der Waals surface area contributed by atoms with Crippen molar-refractivity contribution in [1.29, 1.82) is 0 Å². The molecule has 1 heterocycles. The first-order valence-corrected chi connectivity index (χ1v) is 7.86. The molecule has 0 aromatic carbocycles. The highest BCUT2D eigenvalue weighted by molar-refractivity contribution is 8.13. The summed E-state index contributed by atoms with van der Waals surface area (Å²) in [6.07, 6.45) is 1.61. The molecular weight excluding hydrogens is 266 g/mol. The summed E-state index contributed by atoms with van der Waals surface area (Å²) in [5, 5.41) is 11.8. The highest BCUT2D eigenvalue weighted by Gasteiger charge is 2.55. The second kappa shape index (κ2) is 5.55. The Morgan fingerprint density at radius 3 is 2.59 bits per heavy atom. The minimum Gasteiger partial charge on any atom is -0.481 e. The van der Waals surface area contributed by atoms with Crippen molar-refractivity contribution in [1.82, 2.24) is 5.32 Å². The highest BCUT2D eigenvalue weighted by atomic mass is 32.3. The number of hydrogen-bond donors (Lipinski definition) is 3. The Hall–Kier alpha value is -0.310. The zero-order valence-electron chi connectivity index (χ0n) is 9.55. The smallest absolute Gasteiger partial charge is 0.310 e. The third-order valence-corrected chi connectivity index (χ3v) is 6.22. The van der Waals surface area contributed by atoms with Crippen molar-refractivity contribution in [2.75, 3.05) is 12.3 Å². The molecule has 1 fully saturated rings. The molecular formula is C9H17NO5S2. The van der Waals surface area contributed by atoms with Gasteiger partial charge in [-0.15, -0.1) is 11.8 Å². The van der Waals surface area contributed by atoms with Crippen molar-refractivity contribution < 1.29 is 22.9 Å². The highest BCUT2D eigenvalue weighted by Crippen LogP contribution is 2.41. The fourth-order valence-electron chi connectivity index (χ4n) is 1.93. The van der Waals surface area contributed by atoms with Gasteiger partial charge in [-0.1, -0.05) is 19.8 Å². The van der Waals surface area contributed by atoms with Crippen molar-refractivity contribution in [3.05, 3.63) is 0 Å². The molecule has 3 N–H and O–H groups in total. The van der Waals surface area contributed by atoms with E-state index in [9.17, 15) is 17.8 Å². The first-order valence-electron chi connectivity index (χ1n) is 5.44. The lowest BCUT2D eigenvalue weighted by Gasteiger charge is -2.31. The molecule has 0 aromatic rings. The molecule has 1 aliphatic rings. The third-order valence-electron chi connectivity index (χ3n) is 2.78. The minimum absolute atomic E-state index is 0.228. The summed E-state index contributed by atoms with van der Waals surface area (Å²) in [4.78, 5) is 11.2. The Kier molecular flexibility index (Phi) is 4.82. The van der Waals surface area contributed by atoms with Gasteiger partial charge in [0.15, 0.2) is 0 Å². The normalized spacial score (nSPS) is 26.9. The Bertz CT molecular complexity index is 375. The molecule has 1 saturated heterocycles. The second-order valence-corrected chi connectivity index (χ2v) is 7.14. The molecule has 0 bridgehead atoms. The van der Waals surface area contributed by atoms with E-state index in [1.165, 1.54) is 0 Å². The SMILES string of the molecule is CCCCC(C(=O)O)C1(S(=O)(=O)O)NCCS1. The first-order chi connectivity index (χ1) is 7.85. The lowest BCUT2D eigenvalue weighted by Crippen LogP contribution is -2.53. The summed E-state index contributed by atoms with van der Waals surface area (Å²) in [7, 11) is -4.47. The van der Waals surface area contributed by atoms with E-state index in [1.807, 2.05) is 6.92 Å². The fourth-order valence-corrected chi connectivity index (χ4v) is 4.77. The number of thioether (sulfide) groups is 1. The number of carboxylic acids is 1. The molecule has 0 aliphatic carbocycles. The van der Waals surface area contributed by atoms with Crippen molar-refractivity contribution in [3.8, 4) is 0 Å². The Morgan fingerprint density at radius 2 is 2.24 bits per heavy atom. The lowest BCUT2D eigenvalue weighted by atomic mass is 10.0. The number of unbranched alkanes of at least 4 members (excludes halogenated alkanes) is 1. The first kappa shape index (κ1) is 14.7. The molecule has 2 unspecified atom stereocenters. The van der Waals surface area contributed by atoms with Crippen LogP contribution in [-0.2, 0) is 14.9 Å². The molecule has 100 valence electrons. The topological polar surface area (TPSA) is 104 Å². The Morgan fingerprint density at radius 1 is 1.59 bits per heavy atom. The summed E-state index contributed by atoms with van der Waals surface area (Å²) < 4.78 is 30.5. The van der Waals surface area contributed by atoms with Crippen LogP contribution in [0.4, 0.5) is 0 Å². The van der Waals surface area contributed by atoms with E-state index >= 15 is 0 Å². The van der Waals surface area contributed by atoms with Crippen LogP contribution in [0, 0.1) is 5.92 Å². The van der Waals surface area contributed by atoms with Gasteiger partial charge >= 0.3 is 5.97 Å². The number of carboxylic acid groups (broad SMARTS) is 1. The van der Waals surface area contributed by atoms with Gasteiger partial charge in [-0.05, 0) is 6.42 Å². The van der Waals surface area contributed by atoms with Crippen molar-refractivity contribution in [3.63, 3.8) is 0 Å². The van der Waals surface area contributed by atoms with E-state index in [-0.39, 0.29) is 6.42 Å². The van der Waals surface area contributed by atoms with Crippen molar-refractivity contribution >= 4 is 27.8 Å². The van der Waals surface area contributed by atoms with Gasteiger partial charge in [0.05, 0.1) is 0 Å². The monoisotopic (exact) mass is 283 g/mol. The van der Waals surface area contributed by atoms with Gasteiger partial charge in [-0.3, -0.25) is 14.7 Å². The van der Waals surface area contributed by atoms with Crippen molar-refractivity contribution in [2.24, 2.45) is 5.92 Å². The van der Waals surface area contributed by atoms with E-state index in [1.54, 1.807) is 0 Å². The molecule has 1 rings (SSSR count). The zero-order chi connectivity index (χ0) is 13.1. The third kappa shape index (κ3) is 2.93. The lowest BCUT2D eigenvalue weighted by molar-refractivity contribution is -0.142. The van der Waals surface area contributed by atoms with Gasteiger partial charge < -0.3 is 5.11 Å². The van der Waals surface area contributed by atoms with E-state index in [0.717, 1.165) is 18.2 Å². The average molecular weight is 283 g/mol. The van der Waals surface area contributed by atoms with Gasteiger partial charge in [0.1, 0.15) is 5.92 Å². The molecule has 0 saturated carbocycles. The number of carbonyl (C=O) groups is 1. The van der Waals surface area contributed by atoms with Crippen molar-refractivity contribution in [2.45, 2.75) is 30.4 Å². The van der Waals surface area contributed by atoms with Gasteiger partial charge in [0.2, 0.25) is 4.20 Å². The van der Waals surface area contributed by atoms with E-state index in [0.29, 0.717) is 18.7 Å². The number of hydrogen-bond acceptors (Lipinski definition) is 5. The molecule has 0 radical (unpaired) electrons. The Balaban J connectivity index is 3.06. The second-order valence-electron chi connectivity index (χ2n) is 3.95. The van der Waals surface area contributed by atoms with E-state index < -0.39 is 26.2 Å². The van der Waals surface area contributed by atoms with E-state index in [2.05, 4.69) is 5.32 Å². The molecule has 2 atom stereocenters. The van der Waals surface area contributed by atoms with Crippen LogP contribution in [0.15, 0.2) is 0 Å². The maximum absolute atomic E-state index is 11.5. The predicted molar refractivity (Wildman–Crippen MR) is 65.4 cm³/mol. The van der Waals surface area contributed by atoms with E-state index in [4.69, 9.17) is 5.11 Å². The van der Waals surface area contributed by atoms with Crippen LogP contribution < -0.4 is 5.32 Å². The van der Waals surface area contributed by atoms with Gasteiger partial charge in [0.25, 0.3) is 10.1 Å². The number of nitrogens with one attached hydrogen (secondary N) is 1. The minimum atomic E-state index is -4.47. The van der Waals surface area contributed by atoms with Crippen LogP contribution in [0.5, 0.6) is 0 Å². The van der Waals surface area contributed by atoms with Crippen LogP contribution >= 0.6 is 11.8 Å². The summed E-state index contributed by atoms with van der Waals surface area (Å²) in [6.45, 7) is 2.27. The summed E-state index contributed by atoms with van der Waals surface area (Å²) in [5.41, 5.74) is 0. The molecule has 0 amide bonds. The molecule has 1 aliphatic heterocycles. The number of rotatable bonds is 6. The molecule has 0 aromatic heterocycles. The van der Waals surface area contributed by atoms with Crippen LogP contribution in [0.1, 0.15) is 26.2 Å². The molecule has 0 spiro atoms. The van der Waals surface area contributed by atoms with Crippen LogP contribution in [0.25, 0.3) is 0 Å². The summed E-state index contributed by atoms with van der Waals surface area (Å²) in [5.74, 6) is -1.86. The molecule has 8 heteroatoms. The number of aliphatic carboxylic acids is 1. The van der Waals surface area contributed by atoms with Crippen LogP contribution in [-0.4, -0.2) is 40.5 Å². The van der Waals surface area contributed by atoms with Crippen LogP contribution in [0.3, 0.4) is 0 Å². The Labute approximate surface area is 105 Å². The zero-order valence-corrected chi connectivity index (χ0v) is 11.2. The quantitative estimate of drug-likeness (QED) is 0.618. The average Bonchev–Trinajstić information content (AvgIpc) is 2.67. The predicted octanol–water partition coefficient (Wildman–Crippen LogP) is 0.755. The van der Waals surface area contributed by atoms with Gasteiger partial charge in [-0.25, -0.2) is 0 Å². The van der Waals surface area contributed by atoms with Gasteiger partial charge in [0, 0.05) is 12.3 Å². The van der Waals surface area contributed by atoms with Crippen LogP contribution in [0.2, 0.25) is 0 Å². The fraction of sp³-hybridized carbons (Fsp3) is 0.889. The largest absolute Gasteiger partial charge is 0.481 e. The molecule has 17 heavy (non-hydrogen) atoms. The maximum Gasteiger partial charge on any atom is 0.310 e. The molecule has 6 nitrogen and oxygen atoms in total. The summed E-state index contributed by atoms with van der Waals surface area (Å²) in [6, 6.07) is 0. The standard InChI is InChI=1S/C9H17NO5S2/c1-2-3-4-7(8(11)12)9(17(13,14)15)10-5-6-16-9/h7,10H,2-6H2,1H3,(H,11,12)(H,13,14,15). The summed E-state index contributed by atoms with van der Waals surface area (Å²) >= 11 is 0.954. The maximum atomic E-state index is 11.5.